The van der Waals surface area contributed by atoms with Gasteiger partial charge in [-0.05, 0) is 39.5 Å². The van der Waals surface area contributed by atoms with Gasteiger partial charge in [-0.25, -0.2) is 4.98 Å². The Morgan fingerprint density at radius 3 is 2.71 bits per heavy atom. The van der Waals surface area contributed by atoms with E-state index in [1.807, 2.05) is 18.7 Å². The molecular weight excluding hydrogens is 288 g/mol. The van der Waals surface area contributed by atoms with Crippen molar-refractivity contribution in [2.75, 3.05) is 5.75 Å². The first-order chi connectivity index (χ1) is 9.82. The van der Waals surface area contributed by atoms with Gasteiger partial charge < -0.3 is 5.11 Å². The van der Waals surface area contributed by atoms with Crippen LogP contribution < -0.4 is 0 Å². The molecule has 0 saturated heterocycles. The highest BCUT2D eigenvalue weighted by atomic mass is 32.2. The monoisotopic (exact) mass is 308 g/mol. The fourth-order valence-corrected chi connectivity index (χ4v) is 3.83. The van der Waals surface area contributed by atoms with Gasteiger partial charge in [0.15, 0.2) is 10.8 Å². The zero-order chi connectivity index (χ0) is 15.4. The third-order valence-corrected chi connectivity index (χ3v) is 5.17. The van der Waals surface area contributed by atoms with E-state index < -0.39 is 5.97 Å². The van der Waals surface area contributed by atoms with Gasteiger partial charge in [0.2, 0.25) is 0 Å². The largest absolute Gasteiger partial charge is 0.481 e. The molecule has 0 unspecified atom stereocenters. The molecule has 0 bridgehead atoms. The van der Waals surface area contributed by atoms with Crippen LogP contribution in [0.15, 0.2) is 5.16 Å². The quantitative estimate of drug-likeness (QED) is 0.859. The Labute approximate surface area is 127 Å². The molecule has 0 radical (unpaired) electrons. The summed E-state index contributed by atoms with van der Waals surface area (Å²) in [5, 5.41) is 14.2. The van der Waals surface area contributed by atoms with Gasteiger partial charge in [-0.15, -0.1) is 0 Å². The van der Waals surface area contributed by atoms with Crippen molar-refractivity contribution in [3.8, 4) is 0 Å². The number of aliphatic carboxylic acids is 1. The third-order valence-electron chi connectivity index (χ3n) is 4.25. The number of rotatable bonds is 5. The highest BCUT2D eigenvalue weighted by molar-refractivity contribution is 7.99. The topological polar surface area (TPSA) is 72.9 Å². The summed E-state index contributed by atoms with van der Waals surface area (Å²) < 4.78 is 4.04. The van der Waals surface area contributed by atoms with Crippen LogP contribution in [0.1, 0.15) is 32.4 Å². The van der Waals surface area contributed by atoms with Crippen LogP contribution in [0.3, 0.4) is 0 Å². The Bertz CT molecular complexity index is 712. The van der Waals surface area contributed by atoms with Gasteiger partial charge >= 0.3 is 5.97 Å². The minimum Gasteiger partial charge on any atom is -0.481 e. The maximum atomic E-state index is 10.9. The molecule has 3 rings (SSSR count). The van der Waals surface area contributed by atoms with Crippen molar-refractivity contribution in [2.45, 2.75) is 44.3 Å². The normalized spacial score (nSPS) is 15.8. The molecule has 1 aliphatic carbocycles. The molecule has 7 heteroatoms. The number of aromatic nitrogens is 4. The van der Waals surface area contributed by atoms with Crippen LogP contribution in [-0.4, -0.2) is 36.2 Å². The molecule has 2 aromatic rings. The maximum absolute atomic E-state index is 10.9. The average molecular weight is 308 g/mol. The molecule has 0 aromatic carbocycles. The molecule has 2 aromatic heterocycles. The van der Waals surface area contributed by atoms with Crippen molar-refractivity contribution in [1.29, 1.82) is 0 Å². The molecule has 0 aliphatic heterocycles. The summed E-state index contributed by atoms with van der Waals surface area (Å²) >= 11 is 1.29. The maximum Gasteiger partial charge on any atom is 0.313 e. The molecule has 21 heavy (non-hydrogen) atoms. The number of thioether (sulfide) groups is 1. The smallest absolute Gasteiger partial charge is 0.313 e. The van der Waals surface area contributed by atoms with E-state index in [0.29, 0.717) is 5.92 Å². The predicted octanol–water partition coefficient (Wildman–Crippen LogP) is 2.40. The lowest BCUT2D eigenvalue weighted by Gasteiger charge is -2.29. The van der Waals surface area contributed by atoms with E-state index in [4.69, 9.17) is 5.11 Å². The second kappa shape index (κ2) is 4.76. The van der Waals surface area contributed by atoms with Crippen molar-refractivity contribution in [3.63, 3.8) is 0 Å². The molecule has 114 valence electrons. The Morgan fingerprint density at radius 2 is 2.14 bits per heavy atom. The van der Waals surface area contributed by atoms with Crippen LogP contribution in [0.25, 0.3) is 11.2 Å². The third kappa shape index (κ3) is 2.33. The van der Waals surface area contributed by atoms with E-state index in [0.717, 1.165) is 22.0 Å². The SMILES string of the molecule is Cc1nn(C)c2c1nc(SCC(=O)O)n2C(C)(C)C1CC1. The van der Waals surface area contributed by atoms with Crippen molar-refractivity contribution in [2.24, 2.45) is 13.0 Å². The first-order valence-corrected chi connectivity index (χ1v) is 8.08. The number of hydrogen-bond acceptors (Lipinski definition) is 4. The lowest BCUT2D eigenvalue weighted by molar-refractivity contribution is -0.133. The number of imidazole rings is 1. The van der Waals surface area contributed by atoms with Gasteiger partial charge in [-0.2, -0.15) is 5.10 Å². The van der Waals surface area contributed by atoms with E-state index >= 15 is 0 Å². The molecule has 0 amide bonds. The molecule has 2 heterocycles. The molecule has 1 N–H and O–H groups in total. The highest BCUT2D eigenvalue weighted by Gasteiger charge is 2.42. The summed E-state index contributed by atoms with van der Waals surface area (Å²) in [5.41, 5.74) is 2.67. The van der Waals surface area contributed by atoms with Crippen LogP contribution in [0, 0.1) is 12.8 Å². The van der Waals surface area contributed by atoms with Crippen molar-refractivity contribution >= 4 is 28.9 Å². The number of carbonyl (C=O) groups is 1. The number of nitrogens with zero attached hydrogens (tertiary/aromatic N) is 4. The van der Waals surface area contributed by atoms with E-state index in [9.17, 15) is 4.79 Å². The zero-order valence-electron chi connectivity index (χ0n) is 12.8. The molecule has 0 atom stereocenters. The fraction of sp³-hybridized carbons (Fsp3) is 0.643. The summed E-state index contributed by atoms with van der Waals surface area (Å²) in [5.74, 6) is -0.178. The van der Waals surface area contributed by atoms with Crippen LogP contribution >= 0.6 is 11.8 Å². The van der Waals surface area contributed by atoms with Crippen LogP contribution in [0.4, 0.5) is 0 Å². The fourth-order valence-electron chi connectivity index (χ4n) is 2.97. The second-order valence-electron chi connectivity index (χ2n) is 6.22. The summed E-state index contributed by atoms with van der Waals surface area (Å²) in [6.45, 7) is 6.35. The van der Waals surface area contributed by atoms with Gasteiger partial charge in [-0.1, -0.05) is 11.8 Å². The van der Waals surface area contributed by atoms with Crippen LogP contribution in [0.5, 0.6) is 0 Å². The van der Waals surface area contributed by atoms with E-state index in [2.05, 4.69) is 28.5 Å². The first kappa shape index (κ1) is 14.4. The van der Waals surface area contributed by atoms with E-state index in [1.165, 1.54) is 24.6 Å². The van der Waals surface area contributed by atoms with Crippen LogP contribution in [-0.2, 0) is 17.4 Å². The predicted molar refractivity (Wildman–Crippen MR) is 81.6 cm³/mol. The molecule has 6 nitrogen and oxygen atoms in total. The number of hydrogen-bond donors (Lipinski definition) is 1. The van der Waals surface area contributed by atoms with Gasteiger partial charge in [0.1, 0.15) is 5.52 Å². The number of aryl methyl sites for hydroxylation is 2. The molecule has 0 spiro atoms. The average Bonchev–Trinajstić information content (AvgIpc) is 3.11. The minimum atomic E-state index is -0.822. The molecule has 1 saturated carbocycles. The summed E-state index contributed by atoms with van der Waals surface area (Å²) in [6, 6.07) is 0. The number of carboxylic acid groups (broad SMARTS) is 1. The second-order valence-corrected chi connectivity index (χ2v) is 7.16. The molecule has 1 fully saturated rings. The minimum absolute atomic E-state index is 0.0243. The van der Waals surface area contributed by atoms with Gasteiger partial charge in [0.05, 0.1) is 11.4 Å². The van der Waals surface area contributed by atoms with Gasteiger partial charge in [0, 0.05) is 12.6 Å². The Morgan fingerprint density at radius 1 is 1.48 bits per heavy atom. The first-order valence-electron chi connectivity index (χ1n) is 7.09. The Hall–Kier alpha value is -1.50. The number of carboxylic acids is 1. The Kier molecular flexibility index (Phi) is 3.27. The molecule has 1 aliphatic rings. The Balaban J connectivity index is 2.16. The summed E-state index contributed by atoms with van der Waals surface area (Å²) in [4.78, 5) is 15.6. The lowest BCUT2D eigenvalue weighted by Crippen LogP contribution is -2.30. The molecular formula is C14H20N4O2S. The van der Waals surface area contributed by atoms with Gasteiger partial charge in [-0.3, -0.25) is 14.0 Å². The van der Waals surface area contributed by atoms with E-state index in [1.54, 1.807) is 0 Å². The van der Waals surface area contributed by atoms with Crippen molar-refractivity contribution < 1.29 is 9.90 Å². The van der Waals surface area contributed by atoms with E-state index in [-0.39, 0.29) is 11.3 Å². The number of fused-ring (bicyclic) bond motifs is 1. The van der Waals surface area contributed by atoms with Crippen molar-refractivity contribution in [1.82, 2.24) is 19.3 Å². The highest BCUT2D eigenvalue weighted by Crippen LogP contribution is 2.46. The van der Waals surface area contributed by atoms with Crippen molar-refractivity contribution in [3.05, 3.63) is 5.69 Å². The summed E-state index contributed by atoms with van der Waals surface area (Å²) in [6.07, 6.45) is 2.43. The standard InChI is InChI=1S/C14H20N4O2S/c1-8-11-12(17(4)16-8)18(14(2,3)9-5-6-9)13(15-11)21-7-10(19)20/h9H,5-7H2,1-4H3,(H,19,20). The zero-order valence-corrected chi connectivity index (χ0v) is 13.6. The van der Waals surface area contributed by atoms with Crippen LogP contribution in [0.2, 0.25) is 0 Å². The van der Waals surface area contributed by atoms with Gasteiger partial charge in [0.25, 0.3) is 0 Å². The lowest BCUT2D eigenvalue weighted by atomic mass is 9.98. The summed E-state index contributed by atoms with van der Waals surface area (Å²) in [7, 11) is 1.92.